The second kappa shape index (κ2) is 17.6. The van der Waals surface area contributed by atoms with E-state index in [-0.39, 0.29) is 43.3 Å². The minimum atomic E-state index is -0.186. The van der Waals surface area contributed by atoms with Crippen molar-refractivity contribution in [3.05, 3.63) is 154 Å². The molecule has 362 valence electrons. The third-order valence-corrected chi connectivity index (χ3v) is 14.2. The Labute approximate surface area is 416 Å². The first-order valence-electron chi connectivity index (χ1n) is 25.7. The van der Waals surface area contributed by atoms with Crippen LogP contribution in [0.1, 0.15) is 211 Å². The van der Waals surface area contributed by atoms with Crippen LogP contribution in [-0.2, 0) is 43.3 Å². The molecule has 0 amide bonds. The van der Waals surface area contributed by atoms with Crippen molar-refractivity contribution in [3.8, 4) is 55.6 Å². The molecule has 0 aliphatic heterocycles. The molecule has 0 fully saturated rings. The van der Waals surface area contributed by atoms with E-state index in [0.717, 1.165) is 0 Å². The van der Waals surface area contributed by atoms with E-state index in [0.29, 0.717) is 0 Å². The van der Waals surface area contributed by atoms with E-state index in [2.05, 4.69) is 275 Å². The van der Waals surface area contributed by atoms with E-state index in [1.165, 1.54) is 100 Å². The molecule has 0 aliphatic rings. The number of rotatable bonds is 5. The van der Waals surface area contributed by atoms with Gasteiger partial charge in [-0.25, -0.2) is 0 Å². The lowest BCUT2D eigenvalue weighted by atomic mass is 9.65. The monoisotopic (exact) mass is 907 g/mol. The molecule has 0 spiro atoms. The van der Waals surface area contributed by atoms with Crippen LogP contribution in [0.15, 0.2) is 109 Å². The fraction of sp³-hybridized carbons (Fsp3) is 0.471. The molecule has 68 heavy (non-hydrogen) atoms. The first-order valence-corrected chi connectivity index (χ1v) is 25.7. The quantitative estimate of drug-likeness (QED) is 0.162. The molecule has 6 aromatic carbocycles. The van der Waals surface area contributed by atoms with Crippen LogP contribution in [0.3, 0.4) is 0 Å². The van der Waals surface area contributed by atoms with Gasteiger partial charge in [-0.15, -0.1) is 0 Å². The van der Waals surface area contributed by atoms with Gasteiger partial charge in [0.25, 0.3) is 0 Å². The summed E-state index contributed by atoms with van der Waals surface area (Å²) in [5.41, 5.74) is 22.9. The van der Waals surface area contributed by atoms with Crippen molar-refractivity contribution < 1.29 is 0 Å². The van der Waals surface area contributed by atoms with E-state index >= 15 is 0 Å². The maximum atomic E-state index is 2.71. The number of benzene rings is 6. The predicted octanol–water partition coefficient (Wildman–Crippen LogP) is 20.4. The molecule has 0 saturated carbocycles. The third-order valence-electron chi connectivity index (χ3n) is 14.2. The minimum Gasteiger partial charge on any atom is -0.0622 e. The summed E-state index contributed by atoms with van der Waals surface area (Å²) in [6.07, 6.45) is 0. The molecule has 0 saturated heterocycles. The summed E-state index contributed by atoms with van der Waals surface area (Å²) < 4.78 is 0. The van der Waals surface area contributed by atoms with E-state index < -0.39 is 0 Å². The van der Waals surface area contributed by atoms with Crippen LogP contribution >= 0.6 is 0 Å². The van der Waals surface area contributed by atoms with Crippen molar-refractivity contribution in [2.75, 3.05) is 0 Å². The van der Waals surface area contributed by atoms with Gasteiger partial charge in [-0.1, -0.05) is 269 Å². The molecular formula is C68H90. The summed E-state index contributed by atoms with van der Waals surface area (Å²) in [5.74, 6) is 0. The van der Waals surface area contributed by atoms with Crippen molar-refractivity contribution in [2.45, 2.75) is 209 Å². The average molecular weight is 907 g/mol. The van der Waals surface area contributed by atoms with Gasteiger partial charge >= 0.3 is 0 Å². The summed E-state index contributed by atoms with van der Waals surface area (Å²) in [4.78, 5) is 0. The summed E-state index contributed by atoms with van der Waals surface area (Å²) in [5, 5.41) is 0. The van der Waals surface area contributed by atoms with Crippen LogP contribution in [0.25, 0.3) is 55.6 Å². The zero-order valence-corrected chi connectivity index (χ0v) is 47.4. The molecule has 0 N–H and O–H groups in total. The second-order valence-corrected chi connectivity index (χ2v) is 28.4. The number of hydrogen-bond donors (Lipinski definition) is 0. The smallest absolute Gasteiger partial charge is 0.000815 e. The van der Waals surface area contributed by atoms with Gasteiger partial charge in [0.15, 0.2) is 0 Å². The Balaban J connectivity index is 2.28. The molecule has 0 aromatic heterocycles. The Hall–Kier alpha value is -4.68. The van der Waals surface area contributed by atoms with Crippen LogP contribution in [0.5, 0.6) is 0 Å². The van der Waals surface area contributed by atoms with Crippen LogP contribution in [-0.4, -0.2) is 0 Å². The van der Waals surface area contributed by atoms with Gasteiger partial charge < -0.3 is 0 Å². The van der Waals surface area contributed by atoms with Crippen LogP contribution in [0.2, 0.25) is 0 Å². The highest BCUT2D eigenvalue weighted by Gasteiger charge is 2.39. The molecule has 0 aliphatic carbocycles. The Kier molecular flexibility index (Phi) is 13.7. The topological polar surface area (TPSA) is 0 Å². The Bertz CT molecular complexity index is 2670. The van der Waals surface area contributed by atoms with Gasteiger partial charge in [0.1, 0.15) is 0 Å². The average Bonchev–Trinajstić information content (AvgIpc) is 3.19. The maximum absolute atomic E-state index is 2.71. The minimum absolute atomic E-state index is 0.151. The first kappa shape index (κ1) is 52.7. The Morgan fingerprint density at radius 3 is 0.662 bits per heavy atom. The molecule has 6 rings (SSSR count). The lowest BCUT2D eigenvalue weighted by Gasteiger charge is -2.39. The normalized spacial score (nSPS) is 13.6. The summed E-state index contributed by atoms with van der Waals surface area (Å²) in [7, 11) is 0. The van der Waals surface area contributed by atoms with E-state index in [1.807, 2.05) is 0 Å². The summed E-state index contributed by atoms with van der Waals surface area (Å²) in [6, 6.07) is 43.0. The molecule has 0 atom stereocenters. The van der Waals surface area contributed by atoms with Gasteiger partial charge in [0, 0.05) is 0 Å². The molecule has 0 nitrogen and oxygen atoms in total. The Morgan fingerprint density at radius 1 is 0.191 bits per heavy atom. The van der Waals surface area contributed by atoms with E-state index in [1.54, 1.807) is 0 Å². The van der Waals surface area contributed by atoms with Crippen molar-refractivity contribution >= 4 is 0 Å². The largest absolute Gasteiger partial charge is 0.0622 e. The predicted molar refractivity (Wildman–Crippen MR) is 303 cm³/mol. The molecule has 0 heteroatoms. The van der Waals surface area contributed by atoms with Crippen molar-refractivity contribution in [1.29, 1.82) is 0 Å². The van der Waals surface area contributed by atoms with Gasteiger partial charge in [0.05, 0.1) is 0 Å². The van der Waals surface area contributed by atoms with Gasteiger partial charge in [0.2, 0.25) is 0 Å². The molecule has 0 heterocycles. The molecule has 0 radical (unpaired) electrons. The zero-order chi connectivity index (χ0) is 51.1. The third kappa shape index (κ3) is 10.3. The van der Waals surface area contributed by atoms with Crippen molar-refractivity contribution in [3.63, 3.8) is 0 Å². The fourth-order valence-corrected chi connectivity index (χ4v) is 10.8. The van der Waals surface area contributed by atoms with Crippen LogP contribution < -0.4 is 0 Å². The number of hydrogen-bond acceptors (Lipinski definition) is 0. The first-order chi connectivity index (χ1) is 30.9. The summed E-state index contributed by atoms with van der Waals surface area (Å²) >= 11 is 0. The summed E-state index contributed by atoms with van der Waals surface area (Å²) in [6.45, 7) is 58.0. The lowest BCUT2D eigenvalue weighted by molar-refractivity contribution is 0.569. The van der Waals surface area contributed by atoms with Crippen molar-refractivity contribution in [2.24, 2.45) is 0 Å². The molecular weight excluding hydrogens is 817 g/mol. The molecule has 6 aromatic rings. The molecule has 0 bridgehead atoms. The fourth-order valence-electron chi connectivity index (χ4n) is 10.8. The highest BCUT2D eigenvalue weighted by Crippen LogP contribution is 2.59. The lowest BCUT2D eigenvalue weighted by Crippen LogP contribution is -2.23. The second-order valence-electron chi connectivity index (χ2n) is 28.4. The van der Waals surface area contributed by atoms with Gasteiger partial charge in [-0.2, -0.15) is 0 Å². The van der Waals surface area contributed by atoms with E-state index in [9.17, 15) is 0 Å². The van der Waals surface area contributed by atoms with Gasteiger partial charge in [-0.3, -0.25) is 0 Å². The van der Waals surface area contributed by atoms with Crippen LogP contribution in [0, 0.1) is 0 Å². The standard InChI is InChI=1S/C68H90/c1-61(2,3)46-34-28-35-47(62(4,5)6)55(46)44-42-45(56-48(63(7,8)9)36-29-37-49(56)64(10,11)12)57(58-50(65(13,14)15)38-30-39-51(58)66(16,17)18)60(54(44)43-32-26-25-27-33-43)59-52(67(19,20)21)40-31-41-53(59)68(22,23)24/h25-42H,1-24H3. The van der Waals surface area contributed by atoms with Crippen molar-refractivity contribution in [1.82, 2.24) is 0 Å². The SMILES string of the molecule is CC(C)(C)c1cccc(C(C)(C)C)c1-c1cc(-c2c(C(C)(C)C)cccc2C(C)(C)C)c(-c2c(C(C)(C)C)cccc2C(C)(C)C)c(-c2c(C(C)(C)C)cccc2C(C)(C)C)c1-c1ccccc1. The van der Waals surface area contributed by atoms with Crippen LogP contribution in [0.4, 0.5) is 0 Å². The maximum Gasteiger partial charge on any atom is -0.000815 e. The molecule has 0 unspecified atom stereocenters. The highest BCUT2D eigenvalue weighted by molar-refractivity contribution is 6.11. The Morgan fingerprint density at radius 2 is 0.412 bits per heavy atom. The highest BCUT2D eigenvalue weighted by atomic mass is 14.4. The zero-order valence-electron chi connectivity index (χ0n) is 47.4. The van der Waals surface area contributed by atoms with Gasteiger partial charge in [-0.05, 0) is 150 Å². The van der Waals surface area contributed by atoms with E-state index in [4.69, 9.17) is 0 Å².